The van der Waals surface area contributed by atoms with Crippen molar-refractivity contribution >= 4 is 5.91 Å². The highest BCUT2D eigenvalue weighted by atomic mass is 16.2. The van der Waals surface area contributed by atoms with Crippen LogP contribution in [0.15, 0.2) is 18.3 Å². The molecule has 2 aliphatic rings. The average Bonchev–Trinajstić information content (AvgIpc) is 2.93. The molecule has 0 aromatic carbocycles. The topological polar surface area (TPSA) is 48.1 Å². The second-order valence-corrected chi connectivity index (χ2v) is 5.50. The molecule has 0 bridgehead atoms. The van der Waals surface area contributed by atoms with E-state index in [0.29, 0.717) is 0 Å². The van der Waals surface area contributed by atoms with Gasteiger partial charge in [-0.25, -0.2) is 0 Å². The van der Waals surface area contributed by atoms with Crippen molar-refractivity contribution in [2.75, 3.05) is 19.6 Å². The zero-order chi connectivity index (χ0) is 12.4. The monoisotopic (exact) mass is 247 g/mol. The maximum absolute atomic E-state index is 12.6. The first-order valence-corrected chi connectivity index (χ1v) is 6.98. The Hall–Kier alpha value is -1.29. The summed E-state index contributed by atoms with van der Waals surface area (Å²) >= 11 is 0. The van der Waals surface area contributed by atoms with Gasteiger partial charge in [0.15, 0.2) is 0 Å². The molecule has 2 heterocycles. The number of hydrogen-bond acceptors (Lipinski definition) is 2. The van der Waals surface area contributed by atoms with Crippen molar-refractivity contribution in [3.63, 3.8) is 0 Å². The van der Waals surface area contributed by atoms with Crippen molar-refractivity contribution < 1.29 is 4.79 Å². The Morgan fingerprint density at radius 1 is 1.28 bits per heavy atom. The van der Waals surface area contributed by atoms with Gasteiger partial charge in [-0.15, -0.1) is 0 Å². The van der Waals surface area contributed by atoms with Crippen molar-refractivity contribution in [1.82, 2.24) is 15.2 Å². The molecule has 2 N–H and O–H groups in total. The minimum absolute atomic E-state index is 0.0681. The van der Waals surface area contributed by atoms with Crippen molar-refractivity contribution in [3.8, 4) is 0 Å². The smallest absolute Gasteiger partial charge is 0.270 e. The highest BCUT2D eigenvalue weighted by Gasteiger charge is 2.42. The van der Waals surface area contributed by atoms with Gasteiger partial charge in [0, 0.05) is 25.8 Å². The van der Waals surface area contributed by atoms with E-state index in [0.717, 1.165) is 38.2 Å². The van der Waals surface area contributed by atoms with Gasteiger partial charge in [0.2, 0.25) is 0 Å². The average molecular weight is 247 g/mol. The number of carbonyl (C=O) groups excluding carboxylic acids is 1. The molecule has 98 valence electrons. The lowest BCUT2D eigenvalue weighted by Gasteiger charge is -2.49. The quantitative estimate of drug-likeness (QED) is 0.794. The fraction of sp³-hybridized carbons (Fsp3) is 0.643. The summed E-state index contributed by atoms with van der Waals surface area (Å²) in [6.07, 6.45) is 7.92. The summed E-state index contributed by atoms with van der Waals surface area (Å²) in [5.74, 6) is 0.170. The SMILES string of the molecule is O=C(c1ccc[nH]1)N1CCNCC12CCCCC2. The molecule has 0 radical (unpaired) electrons. The lowest BCUT2D eigenvalue weighted by Crippen LogP contribution is -2.63. The molecule has 0 unspecified atom stereocenters. The van der Waals surface area contributed by atoms with Crippen LogP contribution in [0.4, 0.5) is 0 Å². The van der Waals surface area contributed by atoms with Crippen LogP contribution in [0.2, 0.25) is 0 Å². The number of aromatic amines is 1. The number of nitrogens with zero attached hydrogens (tertiary/aromatic N) is 1. The number of hydrogen-bond donors (Lipinski definition) is 2. The third-order valence-corrected chi connectivity index (χ3v) is 4.40. The zero-order valence-electron chi connectivity index (χ0n) is 10.7. The van der Waals surface area contributed by atoms with Crippen LogP contribution >= 0.6 is 0 Å². The van der Waals surface area contributed by atoms with Crippen LogP contribution in [0.25, 0.3) is 0 Å². The molecular weight excluding hydrogens is 226 g/mol. The molecule has 1 aliphatic heterocycles. The third kappa shape index (κ3) is 1.94. The zero-order valence-corrected chi connectivity index (χ0v) is 10.7. The van der Waals surface area contributed by atoms with E-state index in [-0.39, 0.29) is 11.4 Å². The van der Waals surface area contributed by atoms with Gasteiger partial charge in [-0.2, -0.15) is 0 Å². The third-order valence-electron chi connectivity index (χ3n) is 4.40. The molecule has 1 saturated heterocycles. The lowest BCUT2D eigenvalue weighted by atomic mass is 9.79. The largest absolute Gasteiger partial charge is 0.357 e. The van der Waals surface area contributed by atoms with E-state index < -0.39 is 0 Å². The Balaban J connectivity index is 1.85. The normalized spacial score (nSPS) is 23.2. The summed E-state index contributed by atoms with van der Waals surface area (Å²) < 4.78 is 0. The van der Waals surface area contributed by atoms with E-state index in [1.54, 1.807) is 0 Å². The maximum Gasteiger partial charge on any atom is 0.270 e. The summed E-state index contributed by atoms with van der Waals surface area (Å²) in [6.45, 7) is 2.70. The van der Waals surface area contributed by atoms with Crippen LogP contribution < -0.4 is 5.32 Å². The Labute approximate surface area is 108 Å². The number of H-pyrrole nitrogens is 1. The van der Waals surface area contributed by atoms with Crippen molar-refractivity contribution in [2.24, 2.45) is 0 Å². The van der Waals surface area contributed by atoms with E-state index >= 15 is 0 Å². The lowest BCUT2D eigenvalue weighted by molar-refractivity contribution is 0.0218. The van der Waals surface area contributed by atoms with Crippen LogP contribution in [-0.2, 0) is 0 Å². The fourth-order valence-electron chi connectivity index (χ4n) is 3.43. The molecule has 1 amide bonds. The van der Waals surface area contributed by atoms with E-state index in [1.165, 1.54) is 19.3 Å². The van der Waals surface area contributed by atoms with E-state index in [1.807, 2.05) is 18.3 Å². The first-order valence-electron chi connectivity index (χ1n) is 6.98. The van der Waals surface area contributed by atoms with E-state index in [9.17, 15) is 4.79 Å². The van der Waals surface area contributed by atoms with Gasteiger partial charge in [-0.3, -0.25) is 4.79 Å². The predicted molar refractivity (Wildman–Crippen MR) is 70.5 cm³/mol. The molecule has 4 nitrogen and oxygen atoms in total. The van der Waals surface area contributed by atoms with Gasteiger partial charge in [0.05, 0.1) is 5.54 Å². The maximum atomic E-state index is 12.6. The Bertz CT molecular complexity index is 398. The van der Waals surface area contributed by atoms with Crippen LogP contribution in [0.3, 0.4) is 0 Å². The van der Waals surface area contributed by atoms with E-state index in [4.69, 9.17) is 0 Å². The van der Waals surface area contributed by atoms with E-state index in [2.05, 4.69) is 15.2 Å². The Morgan fingerprint density at radius 3 is 2.83 bits per heavy atom. The van der Waals surface area contributed by atoms with Crippen molar-refractivity contribution in [2.45, 2.75) is 37.6 Å². The molecule has 2 fully saturated rings. The molecule has 3 rings (SSSR count). The highest BCUT2D eigenvalue weighted by molar-refractivity contribution is 5.93. The number of nitrogens with one attached hydrogen (secondary N) is 2. The summed E-state index contributed by atoms with van der Waals surface area (Å²) in [5, 5.41) is 3.47. The van der Waals surface area contributed by atoms with Gasteiger partial charge in [-0.05, 0) is 25.0 Å². The standard InChI is InChI=1S/C14H21N3O/c18-13(12-5-4-8-16-12)17-10-9-15-11-14(17)6-2-1-3-7-14/h4-5,8,15-16H,1-3,6-7,9-11H2. The van der Waals surface area contributed by atoms with Gasteiger partial charge in [-0.1, -0.05) is 19.3 Å². The summed E-state index contributed by atoms with van der Waals surface area (Å²) in [4.78, 5) is 17.8. The fourth-order valence-corrected chi connectivity index (χ4v) is 3.43. The molecule has 1 spiro atoms. The van der Waals surface area contributed by atoms with Crippen LogP contribution in [-0.4, -0.2) is 41.0 Å². The molecule has 1 aliphatic carbocycles. The molecule has 18 heavy (non-hydrogen) atoms. The molecule has 1 saturated carbocycles. The number of aromatic nitrogens is 1. The highest BCUT2D eigenvalue weighted by Crippen LogP contribution is 2.35. The van der Waals surface area contributed by atoms with Crippen LogP contribution in [0.1, 0.15) is 42.6 Å². The number of rotatable bonds is 1. The molecule has 0 atom stereocenters. The second kappa shape index (κ2) is 4.76. The van der Waals surface area contributed by atoms with Crippen LogP contribution in [0.5, 0.6) is 0 Å². The minimum atomic E-state index is 0.0681. The van der Waals surface area contributed by atoms with Gasteiger partial charge in [0.1, 0.15) is 5.69 Å². The van der Waals surface area contributed by atoms with Crippen LogP contribution in [0, 0.1) is 0 Å². The molecule has 4 heteroatoms. The summed E-state index contributed by atoms with van der Waals surface area (Å²) in [5.41, 5.74) is 0.792. The Morgan fingerprint density at radius 2 is 2.11 bits per heavy atom. The number of carbonyl (C=O) groups is 1. The Kier molecular flexibility index (Phi) is 3.12. The second-order valence-electron chi connectivity index (χ2n) is 5.50. The number of amides is 1. The van der Waals surface area contributed by atoms with Crippen molar-refractivity contribution in [3.05, 3.63) is 24.0 Å². The first kappa shape index (κ1) is 11.8. The van der Waals surface area contributed by atoms with Crippen molar-refractivity contribution in [1.29, 1.82) is 0 Å². The summed E-state index contributed by atoms with van der Waals surface area (Å²) in [6, 6.07) is 3.77. The van der Waals surface area contributed by atoms with Gasteiger partial charge >= 0.3 is 0 Å². The first-order chi connectivity index (χ1) is 8.82. The molecule has 1 aromatic heterocycles. The van der Waals surface area contributed by atoms with Gasteiger partial charge < -0.3 is 15.2 Å². The van der Waals surface area contributed by atoms with Gasteiger partial charge in [0.25, 0.3) is 5.91 Å². The predicted octanol–water partition coefficient (Wildman–Crippen LogP) is 1.76. The summed E-state index contributed by atoms with van der Waals surface area (Å²) in [7, 11) is 0. The molecular formula is C14H21N3O. The minimum Gasteiger partial charge on any atom is -0.357 e. The molecule has 1 aromatic rings. The number of piperazine rings is 1.